The minimum absolute atomic E-state index is 0.239. The molecule has 2 aromatic carbocycles. The number of rotatable bonds is 2. The number of benzene rings is 2. The van der Waals surface area contributed by atoms with E-state index in [9.17, 15) is 0 Å². The smallest absolute Gasteiger partial charge is 0.0203 e. The summed E-state index contributed by atoms with van der Waals surface area (Å²) in [5.41, 5.74) is 3.31. The Morgan fingerprint density at radius 2 is 1.17 bits per heavy atom. The molecule has 0 bridgehead atoms. The largest absolute Gasteiger partial charge is 0.132 e. The van der Waals surface area contributed by atoms with Gasteiger partial charge in [-0.1, -0.05) is 49.2 Å². The summed E-state index contributed by atoms with van der Waals surface area (Å²) < 4.78 is 0. The third-order valence-corrected chi connectivity index (χ3v) is 7.87. The van der Waals surface area contributed by atoms with Crippen molar-refractivity contribution in [1.29, 1.82) is 0 Å². The molecule has 23 heavy (non-hydrogen) atoms. The molecular formula is C21H20P2. The van der Waals surface area contributed by atoms with Crippen LogP contribution in [0, 0.1) is 0 Å². The van der Waals surface area contributed by atoms with E-state index in [1.807, 2.05) is 0 Å². The van der Waals surface area contributed by atoms with E-state index < -0.39 is 0 Å². The Labute approximate surface area is 140 Å². The van der Waals surface area contributed by atoms with Gasteiger partial charge in [0.1, 0.15) is 0 Å². The second kappa shape index (κ2) is 5.27. The van der Waals surface area contributed by atoms with Crippen molar-refractivity contribution in [3.05, 3.63) is 71.3 Å². The van der Waals surface area contributed by atoms with E-state index in [4.69, 9.17) is 0 Å². The van der Waals surface area contributed by atoms with Crippen LogP contribution in [0.4, 0.5) is 0 Å². The Hall–Kier alpha value is -1.48. The molecule has 0 radical (unpaired) electrons. The van der Waals surface area contributed by atoms with Crippen molar-refractivity contribution in [2.75, 3.05) is 0 Å². The fourth-order valence-corrected chi connectivity index (χ4v) is 6.31. The zero-order valence-electron chi connectivity index (χ0n) is 13.1. The first kappa shape index (κ1) is 13.9. The maximum absolute atomic E-state index is 2.47. The minimum Gasteiger partial charge on any atom is -0.132 e. The van der Waals surface area contributed by atoms with E-state index in [1.54, 1.807) is 0 Å². The van der Waals surface area contributed by atoms with Gasteiger partial charge < -0.3 is 0 Å². The molecule has 1 saturated carbocycles. The van der Waals surface area contributed by atoms with Crippen molar-refractivity contribution >= 4 is 37.4 Å². The lowest BCUT2D eigenvalue weighted by atomic mass is 9.73. The first-order valence-electron chi connectivity index (χ1n) is 8.50. The Morgan fingerprint density at radius 1 is 0.652 bits per heavy atom. The monoisotopic (exact) mass is 334 g/mol. The standard InChI is InChI=1S/C21H20P2/c1-2-10-21(9-1,17-3-5-19-15(13-17)7-11-22-19)18-4-6-20-16(14-18)8-12-23-20/h3-8,11-14,22-23H,1-2,9-10H2. The van der Waals surface area contributed by atoms with Crippen molar-refractivity contribution in [3.63, 3.8) is 0 Å². The lowest BCUT2D eigenvalue weighted by Crippen LogP contribution is -2.23. The Kier molecular flexibility index (Phi) is 3.19. The number of hydrogen-bond acceptors (Lipinski definition) is 0. The highest BCUT2D eigenvalue weighted by Crippen LogP contribution is 2.48. The zero-order chi connectivity index (χ0) is 15.3. The predicted molar refractivity (Wildman–Crippen MR) is 106 cm³/mol. The van der Waals surface area contributed by atoms with Crippen LogP contribution in [-0.2, 0) is 5.41 Å². The van der Waals surface area contributed by atoms with Crippen LogP contribution < -0.4 is 0 Å². The molecule has 2 unspecified atom stereocenters. The summed E-state index contributed by atoms with van der Waals surface area (Å²) in [6, 6.07) is 19.1. The molecule has 0 amide bonds. The molecule has 2 atom stereocenters. The van der Waals surface area contributed by atoms with Gasteiger partial charge in [-0.2, -0.15) is 0 Å². The molecule has 4 aromatic rings. The SMILES string of the molecule is c1cc2cc(C3(c4ccc5[pH]ccc5c4)CCCC3)ccc2[pH]1. The maximum atomic E-state index is 2.47. The van der Waals surface area contributed by atoms with Gasteiger partial charge in [0.05, 0.1) is 0 Å². The fourth-order valence-electron chi connectivity index (χ4n) is 4.42. The van der Waals surface area contributed by atoms with E-state index in [1.165, 1.54) is 57.8 Å². The molecule has 1 aliphatic rings. The highest BCUT2D eigenvalue weighted by molar-refractivity contribution is 7.36. The van der Waals surface area contributed by atoms with Crippen LogP contribution in [0.5, 0.6) is 0 Å². The van der Waals surface area contributed by atoms with Gasteiger partial charge in [0.15, 0.2) is 0 Å². The average Bonchev–Trinajstić information content (AvgIpc) is 3.32. The molecule has 2 aromatic heterocycles. The fraction of sp³-hybridized carbons (Fsp3) is 0.238. The van der Waals surface area contributed by atoms with Crippen LogP contribution in [0.2, 0.25) is 0 Å². The normalized spacial score (nSPS) is 17.9. The van der Waals surface area contributed by atoms with Crippen LogP contribution in [0.15, 0.2) is 60.1 Å². The molecule has 0 spiro atoms. The molecule has 2 heterocycles. The van der Waals surface area contributed by atoms with Crippen LogP contribution in [-0.4, -0.2) is 0 Å². The lowest BCUT2D eigenvalue weighted by molar-refractivity contribution is 0.536. The van der Waals surface area contributed by atoms with Crippen molar-refractivity contribution < 1.29 is 0 Å². The van der Waals surface area contributed by atoms with Crippen LogP contribution in [0.1, 0.15) is 36.8 Å². The molecule has 2 heteroatoms. The molecule has 1 aliphatic carbocycles. The highest BCUT2D eigenvalue weighted by atomic mass is 31.0. The summed E-state index contributed by atoms with van der Waals surface area (Å²) in [6.45, 7) is 0. The summed E-state index contributed by atoms with van der Waals surface area (Å²) in [7, 11) is 1.72. The molecule has 1 fully saturated rings. The van der Waals surface area contributed by atoms with Crippen molar-refractivity contribution in [1.82, 2.24) is 0 Å². The van der Waals surface area contributed by atoms with Gasteiger partial charge in [0.2, 0.25) is 0 Å². The maximum Gasteiger partial charge on any atom is 0.0203 e. The van der Waals surface area contributed by atoms with Gasteiger partial charge in [-0.25, -0.2) is 0 Å². The molecule has 0 nitrogen and oxygen atoms in total. The third kappa shape index (κ3) is 2.13. The topological polar surface area (TPSA) is 0 Å². The second-order valence-corrected chi connectivity index (χ2v) is 9.17. The van der Waals surface area contributed by atoms with Crippen LogP contribution in [0.25, 0.3) is 21.0 Å². The van der Waals surface area contributed by atoms with E-state index in [2.05, 4.69) is 60.1 Å². The van der Waals surface area contributed by atoms with Gasteiger partial charge in [-0.05, 0) is 68.7 Å². The van der Waals surface area contributed by atoms with E-state index in [-0.39, 0.29) is 5.41 Å². The molecule has 114 valence electrons. The highest BCUT2D eigenvalue weighted by Gasteiger charge is 2.37. The van der Waals surface area contributed by atoms with E-state index in [0.717, 1.165) is 16.4 Å². The van der Waals surface area contributed by atoms with Crippen LogP contribution in [0.3, 0.4) is 0 Å². The predicted octanol–water partition coefficient (Wildman–Crippen LogP) is 6.92. The van der Waals surface area contributed by atoms with Gasteiger partial charge in [-0.3, -0.25) is 0 Å². The molecule has 0 aliphatic heterocycles. The second-order valence-electron chi connectivity index (χ2n) is 6.85. The van der Waals surface area contributed by atoms with E-state index >= 15 is 0 Å². The van der Waals surface area contributed by atoms with Gasteiger partial charge >= 0.3 is 0 Å². The summed E-state index contributed by atoms with van der Waals surface area (Å²) >= 11 is 0. The number of hydrogen-bond donors (Lipinski definition) is 0. The van der Waals surface area contributed by atoms with Gasteiger partial charge in [0, 0.05) is 5.41 Å². The third-order valence-electron chi connectivity index (χ3n) is 5.67. The molecule has 5 rings (SSSR count). The Morgan fingerprint density at radius 3 is 1.70 bits per heavy atom. The molecular weight excluding hydrogens is 314 g/mol. The lowest BCUT2D eigenvalue weighted by Gasteiger charge is -2.31. The van der Waals surface area contributed by atoms with Gasteiger partial charge in [-0.15, -0.1) is 16.4 Å². The Bertz CT molecular complexity index is 907. The summed E-state index contributed by atoms with van der Waals surface area (Å²) in [5, 5.41) is 5.93. The first-order chi connectivity index (χ1) is 11.4. The molecule has 0 N–H and O–H groups in total. The molecule has 0 saturated heterocycles. The van der Waals surface area contributed by atoms with Crippen molar-refractivity contribution in [3.8, 4) is 0 Å². The summed E-state index contributed by atoms with van der Waals surface area (Å²) in [4.78, 5) is 0. The van der Waals surface area contributed by atoms with Crippen LogP contribution >= 0.6 is 16.4 Å². The minimum atomic E-state index is 0.239. The van der Waals surface area contributed by atoms with Gasteiger partial charge in [0.25, 0.3) is 0 Å². The van der Waals surface area contributed by atoms with E-state index in [0.29, 0.717) is 0 Å². The summed E-state index contributed by atoms with van der Waals surface area (Å²) in [6.07, 6.45) is 5.29. The Balaban J connectivity index is 1.72. The van der Waals surface area contributed by atoms with Crippen molar-refractivity contribution in [2.24, 2.45) is 0 Å². The summed E-state index contributed by atoms with van der Waals surface area (Å²) in [5.74, 6) is 4.63. The average molecular weight is 334 g/mol. The number of fused-ring (bicyclic) bond motifs is 2. The zero-order valence-corrected chi connectivity index (χ0v) is 15.1. The quantitative estimate of drug-likeness (QED) is 0.373. The first-order valence-corrected chi connectivity index (χ1v) is 10.7. The van der Waals surface area contributed by atoms with Crippen molar-refractivity contribution in [2.45, 2.75) is 31.1 Å².